The van der Waals surface area contributed by atoms with Crippen LogP contribution >= 0.6 is 11.6 Å². The molecule has 4 nitrogen and oxygen atoms in total. The highest BCUT2D eigenvalue weighted by Gasteiger charge is 2.00. The van der Waals surface area contributed by atoms with Gasteiger partial charge in [0.1, 0.15) is 5.82 Å². The van der Waals surface area contributed by atoms with Gasteiger partial charge < -0.3 is 10.2 Å². The predicted molar refractivity (Wildman–Crippen MR) is 80.0 cm³/mol. The number of aromatic nitrogens is 2. The molecule has 0 spiro atoms. The van der Waals surface area contributed by atoms with Gasteiger partial charge in [0.25, 0.3) is 0 Å². The fraction of sp³-hybridized carbons (Fsp3) is 0.286. The Morgan fingerprint density at radius 1 is 1.16 bits per heavy atom. The molecule has 0 saturated heterocycles. The third-order valence-electron chi connectivity index (χ3n) is 2.71. The second-order valence-electron chi connectivity index (χ2n) is 4.44. The normalized spacial score (nSPS) is 10.3. The summed E-state index contributed by atoms with van der Waals surface area (Å²) in [6.07, 6.45) is 2.67. The molecule has 0 radical (unpaired) electrons. The molecule has 5 heteroatoms. The summed E-state index contributed by atoms with van der Waals surface area (Å²) in [5.41, 5.74) is 1.24. The van der Waals surface area contributed by atoms with E-state index in [1.165, 1.54) is 5.56 Å². The van der Waals surface area contributed by atoms with Crippen LogP contribution in [0.4, 0.5) is 11.8 Å². The van der Waals surface area contributed by atoms with Crippen LogP contribution in [0.3, 0.4) is 0 Å². The summed E-state index contributed by atoms with van der Waals surface area (Å²) in [6, 6.07) is 9.74. The number of halogens is 1. The largest absolute Gasteiger partial charge is 0.363 e. The summed E-state index contributed by atoms with van der Waals surface area (Å²) in [6.45, 7) is 0.790. The first kappa shape index (κ1) is 13.6. The summed E-state index contributed by atoms with van der Waals surface area (Å²) in [5.74, 6) is 1.55. The highest BCUT2D eigenvalue weighted by molar-refractivity contribution is 6.30. The molecular formula is C14H17ClN4. The lowest BCUT2D eigenvalue weighted by molar-refractivity contribution is 0.969. The quantitative estimate of drug-likeness (QED) is 0.912. The number of hydrogen-bond donors (Lipinski definition) is 1. The first-order valence-electron chi connectivity index (χ1n) is 6.14. The highest BCUT2D eigenvalue weighted by atomic mass is 35.5. The molecule has 0 bridgehead atoms. The third kappa shape index (κ3) is 4.10. The van der Waals surface area contributed by atoms with Crippen molar-refractivity contribution in [2.75, 3.05) is 30.9 Å². The Hall–Kier alpha value is -1.81. The van der Waals surface area contributed by atoms with Crippen molar-refractivity contribution < 1.29 is 0 Å². The topological polar surface area (TPSA) is 41.1 Å². The summed E-state index contributed by atoms with van der Waals surface area (Å²) in [7, 11) is 3.92. The van der Waals surface area contributed by atoms with Gasteiger partial charge in [-0.2, -0.15) is 4.98 Å². The average molecular weight is 277 g/mol. The van der Waals surface area contributed by atoms with E-state index in [-0.39, 0.29) is 0 Å². The van der Waals surface area contributed by atoms with Crippen LogP contribution in [-0.2, 0) is 6.42 Å². The second kappa shape index (κ2) is 6.38. The molecular weight excluding hydrogens is 260 g/mol. The van der Waals surface area contributed by atoms with E-state index in [2.05, 4.69) is 15.3 Å². The fourth-order valence-electron chi connectivity index (χ4n) is 1.65. The molecule has 1 N–H and O–H groups in total. The second-order valence-corrected chi connectivity index (χ2v) is 4.87. The van der Waals surface area contributed by atoms with E-state index in [1.54, 1.807) is 6.20 Å². The van der Waals surface area contributed by atoms with Gasteiger partial charge in [0.2, 0.25) is 5.95 Å². The lowest BCUT2D eigenvalue weighted by Gasteiger charge is -2.12. The molecule has 100 valence electrons. The molecule has 0 aliphatic rings. The molecule has 1 aromatic carbocycles. The number of benzene rings is 1. The monoisotopic (exact) mass is 276 g/mol. The van der Waals surface area contributed by atoms with Crippen molar-refractivity contribution in [1.82, 2.24) is 9.97 Å². The van der Waals surface area contributed by atoms with Crippen LogP contribution in [0.1, 0.15) is 5.56 Å². The van der Waals surface area contributed by atoms with Gasteiger partial charge in [0, 0.05) is 31.9 Å². The molecule has 2 aromatic rings. The Bertz CT molecular complexity index is 525. The zero-order chi connectivity index (χ0) is 13.7. The lowest BCUT2D eigenvalue weighted by atomic mass is 10.1. The van der Waals surface area contributed by atoms with E-state index in [9.17, 15) is 0 Å². The zero-order valence-electron chi connectivity index (χ0n) is 11.1. The molecule has 19 heavy (non-hydrogen) atoms. The van der Waals surface area contributed by atoms with Gasteiger partial charge in [-0.1, -0.05) is 23.7 Å². The first-order valence-corrected chi connectivity index (χ1v) is 6.51. The van der Waals surface area contributed by atoms with E-state index >= 15 is 0 Å². The summed E-state index contributed by atoms with van der Waals surface area (Å²) in [5, 5.41) is 3.98. The van der Waals surface area contributed by atoms with Crippen LogP contribution < -0.4 is 10.2 Å². The van der Waals surface area contributed by atoms with Gasteiger partial charge >= 0.3 is 0 Å². The van der Waals surface area contributed by atoms with E-state index in [0.717, 1.165) is 23.8 Å². The van der Waals surface area contributed by atoms with Gasteiger partial charge in [-0.15, -0.1) is 0 Å². The Labute approximate surface area is 118 Å². The highest BCUT2D eigenvalue weighted by Crippen LogP contribution is 2.11. The Kier molecular flexibility index (Phi) is 4.58. The Balaban J connectivity index is 1.88. The van der Waals surface area contributed by atoms with Crippen molar-refractivity contribution in [3.8, 4) is 0 Å². The minimum Gasteiger partial charge on any atom is -0.363 e. The van der Waals surface area contributed by atoms with Crippen molar-refractivity contribution in [2.45, 2.75) is 6.42 Å². The molecule has 1 aromatic heterocycles. The molecule has 0 saturated carbocycles. The van der Waals surface area contributed by atoms with Crippen LogP contribution in [0.15, 0.2) is 36.5 Å². The smallest absolute Gasteiger partial charge is 0.224 e. The Morgan fingerprint density at radius 3 is 2.58 bits per heavy atom. The van der Waals surface area contributed by atoms with Gasteiger partial charge in [0.15, 0.2) is 0 Å². The van der Waals surface area contributed by atoms with Crippen LogP contribution in [0.5, 0.6) is 0 Å². The molecule has 0 aliphatic carbocycles. The summed E-state index contributed by atoms with van der Waals surface area (Å²) in [4.78, 5) is 10.5. The SMILES string of the molecule is CN(C)c1ccnc(NCCc2ccc(Cl)cc2)n1. The van der Waals surface area contributed by atoms with E-state index < -0.39 is 0 Å². The van der Waals surface area contributed by atoms with Crippen molar-refractivity contribution in [1.29, 1.82) is 0 Å². The van der Waals surface area contributed by atoms with Crippen LogP contribution in [0.2, 0.25) is 5.02 Å². The number of nitrogens with one attached hydrogen (secondary N) is 1. The van der Waals surface area contributed by atoms with Gasteiger partial charge in [-0.3, -0.25) is 0 Å². The molecule has 0 atom stereocenters. The van der Waals surface area contributed by atoms with Crippen molar-refractivity contribution in [3.05, 3.63) is 47.1 Å². The summed E-state index contributed by atoms with van der Waals surface area (Å²) < 4.78 is 0. The molecule has 0 aliphatic heterocycles. The van der Waals surface area contributed by atoms with Gasteiger partial charge in [0.05, 0.1) is 0 Å². The number of rotatable bonds is 5. The van der Waals surface area contributed by atoms with Gasteiger partial charge in [-0.05, 0) is 30.2 Å². The van der Waals surface area contributed by atoms with E-state index in [4.69, 9.17) is 11.6 Å². The van der Waals surface area contributed by atoms with E-state index in [0.29, 0.717) is 5.95 Å². The van der Waals surface area contributed by atoms with Crippen LogP contribution in [0.25, 0.3) is 0 Å². The van der Waals surface area contributed by atoms with Crippen molar-refractivity contribution >= 4 is 23.4 Å². The minimum atomic E-state index is 0.653. The van der Waals surface area contributed by atoms with Crippen molar-refractivity contribution in [3.63, 3.8) is 0 Å². The van der Waals surface area contributed by atoms with Crippen molar-refractivity contribution in [2.24, 2.45) is 0 Å². The number of hydrogen-bond acceptors (Lipinski definition) is 4. The van der Waals surface area contributed by atoms with Gasteiger partial charge in [-0.25, -0.2) is 4.98 Å². The maximum atomic E-state index is 5.85. The Morgan fingerprint density at radius 2 is 1.89 bits per heavy atom. The first-order chi connectivity index (χ1) is 9.15. The molecule has 0 unspecified atom stereocenters. The standard InChI is InChI=1S/C14H17ClN4/c1-19(2)13-8-10-17-14(18-13)16-9-7-11-3-5-12(15)6-4-11/h3-6,8,10H,7,9H2,1-2H3,(H,16,17,18). The third-order valence-corrected chi connectivity index (χ3v) is 2.96. The van der Waals surface area contributed by atoms with Crippen LogP contribution in [-0.4, -0.2) is 30.6 Å². The predicted octanol–water partition coefficient (Wildman–Crippen LogP) is 2.85. The average Bonchev–Trinajstić information content (AvgIpc) is 2.41. The minimum absolute atomic E-state index is 0.653. The number of anilines is 2. The molecule has 2 rings (SSSR count). The van der Waals surface area contributed by atoms with E-state index in [1.807, 2.05) is 49.3 Å². The lowest BCUT2D eigenvalue weighted by Crippen LogP contribution is -2.13. The fourth-order valence-corrected chi connectivity index (χ4v) is 1.78. The number of nitrogens with zero attached hydrogens (tertiary/aromatic N) is 3. The summed E-state index contributed by atoms with van der Waals surface area (Å²) >= 11 is 5.85. The maximum absolute atomic E-state index is 5.85. The molecule has 0 fully saturated rings. The maximum Gasteiger partial charge on any atom is 0.224 e. The molecule has 1 heterocycles. The zero-order valence-corrected chi connectivity index (χ0v) is 11.9. The van der Waals surface area contributed by atoms with Crippen LogP contribution in [0, 0.1) is 0 Å². The molecule has 0 amide bonds.